The number of hydrogen-bond acceptors (Lipinski definition) is 5. The number of allylic oxidation sites excluding steroid dienone is 4. The van der Waals surface area contributed by atoms with Crippen LogP contribution in [0.5, 0.6) is 0 Å². The molecular formula is C74H145NO5. The van der Waals surface area contributed by atoms with Crippen LogP contribution in [0.1, 0.15) is 412 Å². The first-order valence-corrected chi connectivity index (χ1v) is 36.7. The Morgan fingerprint density at radius 3 is 0.787 bits per heavy atom. The van der Waals surface area contributed by atoms with Crippen LogP contribution in [0.15, 0.2) is 24.3 Å². The van der Waals surface area contributed by atoms with Gasteiger partial charge in [0.05, 0.1) is 18.8 Å². The molecule has 0 aliphatic carbocycles. The van der Waals surface area contributed by atoms with Gasteiger partial charge in [-0.25, -0.2) is 0 Å². The molecule has 0 aliphatic rings. The maximum atomic E-state index is 12.7. The van der Waals surface area contributed by atoms with Crippen molar-refractivity contribution in [2.75, 3.05) is 6.61 Å². The van der Waals surface area contributed by atoms with Crippen molar-refractivity contribution in [3.63, 3.8) is 0 Å². The number of carbonyl (C=O) groups excluding carboxylic acids is 1. The summed E-state index contributed by atoms with van der Waals surface area (Å²) in [5.74, 6) is -0.576. The molecule has 0 aliphatic heterocycles. The maximum Gasteiger partial charge on any atom is 0.249 e. The number of hydrogen-bond donors (Lipinski definition) is 5. The number of nitrogens with one attached hydrogen (secondary N) is 1. The van der Waals surface area contributed by atoms with Gasteiger partial charge in [0.1, 0.15) is 12.2 Å². The van der Waals surface area contributed by atoms with Crippen molar-refractivity contribution in [2.45, 2.75) is 436 Å². The molecule has 0 heterocycles. The standard InChI is InChI=1S/C74H145NO5/c1-3-5-7-9-11-13-15-17-19-21-23-25-27-29-31-33-35-36-37-38-40-42-44-46-48-50-52-54-56-58-60-62-64-66-68-72(78)74(80)75-70(69-76)73(79)71(77)67-65-63-61-59-57-55-53-51-49-47-45-43-41-39-34-32-30-28-26-24-22-20-18-16-14-12-10-8-6-4-2/h27,29,33,35,70-73,76-79H,3-26,28,30-32,34,36-69H2,1-2H3,(H,75,80)/b29-27-,35-33-. The molecule has 0 radical (unpaired) electrons. The lowest BCUT2D eigenvalue weighted by Gasteiger charge is -2.27. The van der Waals surface area contributed by atoms with Gasteiger partial charge < -0.3 is 25.7 Å². The Kier molecular flexibility index (Phi) is 67.5. The van der Waals surface area contributed by atoms with E-state index < -0.39 is 36.9 Å². The van der Waals surface area contributed by atoms with E-state index in [0.717, 1.165) is 44.9 Å². The maximum absolute atomic E-state index is 12.7. The van der Waals surface area contributed by atoms with E-state index in [2.05, 4.69) is 43.5 Å². The molecule has 0 spiro atoms. The normalized spacial score (nSPS) is 13.5. The molecule has 0 aromatic rings. The minimum Gasteiger partial charge on any atom is -0.394 e. The van der Waals surface area contributed by atoms with Crippen molar-refractivity contribution in [1.29, 1.82) is 0 Å². The molecule has 0 aromatic heterocycles. The third-order valence-corrected chi connectivity index (χ3v) is 17.7. The first-order valence-electron chi connectivity index (χ1n) is 36.7. The number of amides is 1. The van der Waals surface area contributed by atoms with Crippen LogP contribution >= 0.6 is 0 Å². The monoisotopic (exact) mass is 1130 g/mol. The molecule has 80 heavy (non-hydrogen) atoms. The van der Waals surface area contributed by atoms with Crippen molar-refractivity contribution < 1.29 is 25.2 Å². The fraction of sp³-hybridized carbons (Fsp3) is 0.932. The number of aliphatic hydroxyl groups excluding tert-OH is 4. The van der Waals surface area contributed by atoms with E-state index in [1.165, 1.54) is 340 Å². The average Bonchev–Trinajstić information content (AvgIpc) is 3.46. The van der Waals surface area contributed by atoms with Gasteiger partial charge in [-0.1, -0.05) is 391 Å². The summed E-state index contributed by atoms with van der Waals surface area (Å²) in [7, 11) is 0. The Balaban J connectivity index is 3.52. The van der Waals surface area contributed by atoms with E-state index in [9.17, 15) is 25.2 Å². The van der Waals surface area contributed by atoms with Crippen LogP contribution in [-0.4, -0.2) is 57.3 Å². The average molecular weight is 1130 g/mol. The molecule has 5 N–H and O–H groups in total. The van der Waals surface area contributed by atoms with Gasteiger partial charge in [0, 0.05) is 0 Å². The van der Waals surface area contributed by atoms with E-state index in [-0.39, 0.29) is 0 Å². The second-order valence-electron chi connectivity index (χ2n) is 25.7. The van der Waals surface area contributed by atoms with Gasteiger partial charge in [-0.3, -0.25) is 4.79 Å². The lowest BCUT2D eigenvalue weighted by Crippen LogP contribution is -2.53. The highest BCUT2D eigenvalue weighted by Gasteiger charge is 2.28. The molecule has 0 fully saturated rings. The Morgan fingerprint density at radius 2 is 0.537 bits per heavy atom. The first-order chi connectivity index (χ1) is 39.5. The lowest BCUT2D eigenvalue weighted by atomic mass is 9.99. The topological polar surface area (TPSA) is 110 Å². The number of rotatable bonds is 69. The molecule has 0 saturated heterocycles. The molecule has 6 nitrogen and oxygen atoms in total. The zero-order valence-electron chi connectivity index (χ0n) is 54.4. The van der Waals surface area contributed by atoms with Gasteiger partial charge in [0.25, 0.3) is 0 Å². The van der Waals surface area contributed by atoms with Crippen molar-refractivity contribution in [1.82, 2.24) is 5.32 Å². The lowest BCUT2D eigenvalue weighted by molar-refractivity contribution is -0.132. The summed E-state index contributed by atoms with van der Waals surface area (Å²) >= 11 is 0. The van der Waals surface area contributed by atoms with E-state index in [0.29, 0.717) is 12.8 Å². The fourth-order valence-corrected chi connectivity index (χ4v) is 12.0. The van der Waals surface area contributed by atoms with Gasteiger partial charge in [0.15, 0.2) is 0 Å². The van der Waals surface area contributed by atoms with Crippen molar-refractivity contribution >= 4 is 5.91 Å². The third-order valence-electron chi connectivity index (χ3n) is 17.7. The van der Waals surface area contributed by atoms with Gasteiger partial charge in [0.2, 0.25) is 5.91 Å². The smallest absolute Gasteiger partial charge is 0.249 e. The first kappa shape index (κ1) is 78.8. The summed E-state index contributed by atoms with van der Waals surface area (Å²) in [5, 5.41) is 44.3. The van der Waals surface area contributed by atoms with Crippen LogP contribution in [0, 0.1) is 0 Å². The predicted molar refractivity (Wildman–Crippen MR) is 353 cm³/mol. The van der Waals surface area contributed by atoms with Crippen LogP contribution in [0.2, 0.25) is 0 Å². The number of aliphatic hydroxyl groups is 4. The summed E-state index contributed by atoms with van der Waals surface area (Å²) in [6.45, 7) is 4.12. The third kappa shape index (κ3) is 61.4. The van der Waals surface area contributed by atoms with Crippen LogP contribution in [0.25, 0.3) is 0 Å². The predicted octanol–water partition coefficient (Wildman–Crippen LogP) is 22.9. The number of unbranched alkanes of at least 4 members (excludes halogenated alkanes) is 56. The molecule has 1 amide bonds. The zero-order valence-corrected chi connectivity index (χ0v) is 54.4. The molecule has 4 unspecified atom stereocenters. The Labute approximate surface area is 501 Å². The number of carbonyl (C=O) groups is 1. The van der Waals surface area contributed by atoms with Crippen molar-refractivity contribution in [3.05, 3.63) is 24.3 Å². The fourth-order valence-electron chi connectivity index (χ4n) is 12.0. The molecule has 4 atom stereocenters. The SMILES string of the molecule is CCCCCCCCCCCCC/C=C\C/C=C\CCCCCCCCCCCCCCCCCCC(O)C(=O)NC(CO)C(O)C(O)CCCCCCCCCCCCCCCCCCCCCCCCCCCCCCCC. The largest absolute Gasteiger partial charge is 0.394 e. The van der Waals surface area contributed by atoms with E-state index >= 15 is 0 Å². The van der Waals surface area contributed by atoms with Crippen LogP contribution in [0.3, 0.4) is 0 Å². The Morgan fingerprint density at radius 1 is 0.312 bits per heavy atom. The van der Waals surface area contributed by atoms with E-state index in [1.807, 2.05) is 0 Å². The van der Waals surface area contributed by atoms with E-state index in [1.54, 1.807) is 0 Å². The molecule has 0 bridgehead atoms. The molecule has 476 valence electrons. The molecular weight excluding hydrogens is 983 g/mol. The van der Waals surface area contributed by atoms with Gasteiger partial charge in [-0.05, 0) is 44.9 Å². The highest BCUT2D eigenvalue weighted by molar-refractivity contribution is 5.80. The molecule has 0 rings (SSSR count). The second-order valence-corrected chi connectivity index (χ2v) is 25.7. The summed E-state index contributed by atoms with van der Waals surface area (Å²) in [6, 6.07) is -0.986. The van der Waals surface area contributed by atoms with Crippen LogP contribution in [-0.2, 0) is 4.79 Å². The second kappa shape index (κ2) is 68.6. The minimum absolute atomic E-state index is 0.372. The summed E-state index contributed by atoms with van der Waals surface area (Å²) in [5.41, 5.74) is 0. The van der Waals surface area contributed by atoms with E-state index in [4.69, 9.17) is 0 Å². The summed E-state index contributed by atoms with van der Waals surface area (Å²) < 4.78 is 0. The molecule has 6 heteroatoms. The van der Waals surface area contributed by atoms with Crippen molar-refractivity contribution in [3.8, 4) is 0 Å². The quantitative estimate of drug-likeness (QED) is 0.0308. The van der Waals surface area contributed by atoms with Gasteiger partial charge in [-0.2, -0.15) is 0 Å². The van der Waals surface area contributed by atoms with Gasteiger partial charge >= 0.3 is 0 Å². The zero-order chi connectivity index (χ0) is 58.0. The summed E-state index contributed by atoms with van der Waals surface area (Å²) in [6.07, 6.45) is 87.5. The Bertz CT molecular complexity index is 1220. The van der Waals surface area contributed by atoms with Crippen molar-refractivity contribution in [2.24, 2.45) is 0 Å². The summed E-state index contributed by atoms with van der Waals surface area (Å²) in [4.78, 5) is 12.7. The Hall–Kier alpha value is -1.21. The molecule has 0 saturated carbocycles. The van der Waals surface area contributed by atoms with Crippen LogP contribution in [0.4, 0.5) is 0 Å². The highest BCUT2D eigenvalue weighted by Crippen LogP contribution is 2.20. The highest BCUT2D eigenvalue weighted by atomic mass is 16.3. The molecule has 0 aromatic carbocycles. The van der Waals surface area contributed by atoms with Gasteiger partial charge in [-0.15, -0.1) is 0 Å². The minimum atomic E-state index is -1.26. The van der Waals surface area contributed by atoms with Crippen LogP contribution < -0.4 is 5.32 Å².